The van der Waals surface area contributed by atoms with Crippen molar-refractivity contribution < 1.29 is 9.57 Å². The van der Waals surface area contributed by atoms with Gasteiger partial charge in [0.25, 0.3) is 0 Å². The summed E-state index contributed by atoms with van der Waals surface area (Å²) in [7, 11) is 1.68. The number of nitrogens with one attached hydrogen (secondary N) is 1. The molecule has 2 aliphatic carbocycles. The SMILES string of the molecule is COCCONCC1CC2C=CC1C2. The lowest BCUT2D eigenvalue weighted by Crippen LogP contribution is -2.26. The van der Waals surface area contributed by atoms with Gasteiger partial charge >= 0.3 is 0 Å². The Morgan fingerprint density at radius 2 is 2.21 bits per heavy atom. The van der Waals surface area contributed by atoms with Gasteiger partial charge in [-0.25, -0.2) is 5.48 Å². The molecule has 0 aromatic rings. The molecule has 2 aliphatic rings. The molecule has 3 heteroatoms. The number of ether oxygens (including phenoxy) is 1. The Kier molecular flexibility index (Phi) is 3.56. The van der Waals surface area contributed by atoms with E-state index < -0.39 is 0 Å². The Bertz CT molecular complexity index is 205. The first-order chi connectivity index (χ1) is 6.90. The van der Waals surface area contributed by atoms with Gasteiger partial charge in [0, 0.05) is 13.7 Å². The summed E-state index contributed by atoms with van der Waals surface area (Å²) in [5, 5.41) is 0. The fourth-order valence-corrected chi connectivity index (χ4v) is 2.49. The second kappa shape index (κ2) is 4.91. The van der Waals surface area contributed by atoms with Crippen molar-refractivity contribution >= 4 is 0 Å². The Morgan fingerprint density at radius 1 is 1.29 bits per heavy atom. The number of allylic oxidation sites excluding steroid dienone is 2. The fourth-order valence-electron chi connectivity index (χ4n) is 2.49. The van der Waals surface area contributed by atoms with Crippen molar-refractivity contribution in [2.75, 3.05) is 26.9 Å². The van der Waals surface area contributed by atoms with Gasteiger partial charge in [-0.05, 0) is 30.6 Å². The lowest BCUT2D eigenvalue weighted by atomic mass is 9.94. The van der Waals surface area contributed by atoms with E-state index in [0.717, 1.165) is 24.3 Å². The van der Waals surface area contributed by atoms with Crippen LogP contribution < -0.4 is 5.48 Å². The molecule has 80 valence electrons. The van der Waals surface area contributed by atoms with Gasteiger partial charge in [0.2, 0.25) is 0 Å². The smallest absolute Gasteiger partial charge is 0.0915 e. The zero-order chi connectivity index (χ0) is 9.80. The van der Waals surface area contributed by atoms with Gasteiger partial charge in [0.1, 0.15) is 0 Å². The monoisotopic (exact) mass is 197 g/mol. The second-order valence-electron chi connectivity index (χ2n) is 4.23. The molecule has 2 bridgehead atoms. The van der Waals surface area contributed by atoms with E-state index in [1.54, 1.807) is 7.11 Å². The lowest BCUT2D eigenvalue weighted by molar-refractivity contribution is -0.000658. The highest BCUT2D eigenvalue weighted by atomic mass is 16.7. The Balaban J connectivity index is 1.56. The van der Waals surface area contributed by atoms with Crippen molar-refractivity contribution in [2.24, 2.45) is 17.8 Å². The highest BCUT2D eigenvalue weighted by Crippen LogP contribution is 2.42. The summed E-state index contributed by atoms with van der Waals surface area (Å²) in [6, 6.07) is 0. The van der Waals surface area contributed by atoms with Crippen LogP contribution in [0.3, 0.4) is 0 Å². The van der Waals surface area contributed by atoms with E-state index in [2.05, 4.69) is 17.6 Å². The molecule has 1 saturated carbocycles. The molecule has 0 aromatic heterocycles. The quantitative estimate of drug-likeness (QED) is 0.396. The van der Waals surface area contributed by atoms with E-state index in [4.69, 9.17) is 9.57 Å². The normalized spacial score (nSPS) is 34.2. The Labute approximate surface area is 85.4 Å². The van der Waals surface area contributed by atoms with Crippen molar-refractivity contribution in [3.05, 3.63) is 12.2 Å². The van der Waals surface area contributed by atoms with Crippen molar-refractivity contribution in [3.63, 3.8) is 0 Å². The number of hydrogen-bond donors (Lipinski definition) is 1. The summed E-state index contributed by atoms with van der Waals surface area (Å²) in [5.74, 6) is 2.44. The minimum atomic E-state index is 0.632. The zero-order valence-corrected chi connectivity index (χ0v) is 8.74. The number of rotatable bonds is 6. The largest absolute Gasteiger partial charge is 0.382 e. The maximum Gasteiger partial charge on any atom is 0.0915 e. The van der Waals surface area contributed by atoms with Gasteiger partial charge in [-0.15, -0.1) is 0 Å². The van der Waals surface area contributed by atoms with Crippen LogP contribution in [0.15, 0.2) is 12.2 Å². The molecule has 0 aliphatic heterocycles. The molecular weight excluding hydrogens is 178 g/mol. The van der Waals surface area contributed by atoms with Crippen LogP contribution in [0.1, 0.15) is 12.8 Å². The van der Waals surface area contributed by atoms with Crippen molar-refractivity contribution in [2.45, 2.75) is 12.8 Å². The van der Waals surface area contributed by atoms with Crippen LogP contribution in [0, 0.1) is 17.8 Å². The molecule has 2 rings (SSSR count). The molecule has 0 spiro atoms. The number of hydroxylamine groups is 1. The summed E-state index contributed by atoms with van der Waals surface area (Å²) in [5.41, 5.74) is 3.03. The lowest BCUT2D eigenvalue weighted by Gasteiger charge is -2.18. The van der Waals surface area contributed by atoms with Gasteiger partial charge < -0.3 is 4.74 Å². The summed E-state index contributed by atoms with van der Waals surface area (Å²) < 4.78 is 4.89. The van der Waals surface area contributed by atoms with E-state index in [9.17, 15) is 0 Å². The van der Waals surface area contributed by atoms with E-state index in [1.807, 2.05) is 0 Å². The first-order valence-electron chi connectivity index (χ1n) is 5.42. The first-order valence-corrected chi connectivity index (χ1v) is 5.42. The van der Waals surface area contributed by atoms with Crippen molar-refractivity contribution in [1.82, 2.24) is 5.48 Å². The average Bonchev–Trinajstić information content (AvgIpc) is 2.79. The third-order valence-corrected chi connectivity index (χ3v) is 3.25. The predicted molar refractivity (Wildman–Crippen MR) is 54.7 cm³/mol. The van der Waals surface area contributed by atoms with Gasteiger partial charge in [-0.3, -0.25) is 4.84 Å². The van der Waals surface area contributed by atoms with E-state index in [-0.39, 0.29) is 0 Å². The van der Waals surface area contributed by atoms with Gasteiger partial charge in [-0.2, -0.15) is 0 Å². The molecule has 0 saturated heterocycles. The van der Waals surface area contributed by atoms with Crippen LogP contribution in [-0.4, -0.2) is 26.9 Å². The molecule has 3 atom stereocenters. The second-order valence-corrected chi connectivity index (χ2v) is 4.23. The summed E-state index contributed by atoms with van der Waals surface area (Å²) in [6.07, 6.45) is 7.44. The van der Waals surface area contributed by atoms with Crippen LogP contribution in [0.2, 0.25) is 0 Å². The van der Waals surface area contributed by atoms with Crippen LogP contribution >= 0.6 is 0 Å². The Hall–Kier alpha value is -0.380. The molecule has 0 radical (unpaired) electrons. The molecule has 0 heterocycles. The van der Waals surface area contributed by atoms with Gasteiger partial charge in [0.15, 0.2) is 0 Å². The third kappa shape index (κ3) is 2.35. The van der Waals surface area contributed by atoms with Gasteiger partial charge in [-0.1, -0.05) is 12.2 Å². The molecule has 3 unspecified atom stereocenters. The molecule has 0 amide bonds. The molecule has 1 N–H and O–H groups in total. The van der Waals surface area contributed by atoms with E-state index >= 15 is 0 Å². The number of hydrogen-bond acceptors (Lipinski definition) is 3. The highest BCUT2D eigenvalue weighted by molar-refractivity contribution is 5.10. The molecular formula is C11H19NO2. The number of methoxy groups -OCH3 is 1. The Morgan fingerprint density at radius 3 is 2.86 bits per heavy atom. The van der Waals surface area contributed by atoms with Crippen molar-refractivity contribution in [1.29, 1.82) is 0 Å². The molecule has 14 heavy (non-hydrogen) atoms. The maximum atomic E-state index is 5.24. The summed E-state index contributed by atoms with van der Waals surface area (Å²) in [6.45, 7) is 2.27. The molecule has 3 nitrogen and oxygen atoms in total. The minimum Gasteiger partial charge on any atom is -0.382 e. The average molecular weight is 197 g/mol. The third-order valence-electron chi connectivity index (χ3n) is 3.25. The topological polar surface area (TPSA) is 30.5 Å². The molecule has 1 fully saturated rings. The number of fused-ring (bicyclic) bond motifs is 2. The maximum absolute atomic E-state index is 5.24. The first kappa shape index (κ1) is 10.1. The highest BCUT2D eigenvalue weighted by Gasteiger charge is 2.35. The van der Waals surface area contributed by atoms with Crippen LogP contribution in [0.5, 0.6) is 0 Å². The predicted octanol–water partition coefficient (Wildman–Crippen LogP) is 1.37. The minimum absolute atomic E-state index is 0.632. The molecule has 0 aromatic carbocycles. The van der Waals surface area contributed by atoms with E-state index in [1.165, 1.54) is 12.8 Å². The standard InChI is InChI=1S/C11H19NO2/c1-13-4-5-14-12-8-11-7-9-2-3-10(11)6-9/h2-3,9-12H,4-8H2,1H3. The van der Waals surface area contributed by atoms with Crippen LogP contribution in [0.25, 0.3) is 0 Å². The van der Waals surface area contributed by atoms with Crippen LogP contribution in [-0.2, 0) is 9.57 Å². The summed E-state index contributed by atoms with van der Waals surface area (Å²) in [4.78, 5) is 5.24. The summed E-state index contributed by atoms with van der Waals surface area (Å²) >= 11 is 0. The van der Waals surface area contributed by atoms with Crippen molar-refractivity contribution in [3.8, 4) is 0 Å². The zero-order valence-electron chi connectivity index (χ0n) is 8.74. The van der Waals surface area contributed by atoms with E-state index in [0.29, 0.717) is 13.2 Å². The van der Waals surface area contributed by atoms with Gasteiger partial charge in [0.05, 0.1) is 13.2 Å². The fraction of sp³-hybridized carbons (Fsp3) is 0.818. The van der Waals surface area contributed by atoms with Crippen LogP contribution in [0.4, 0.5) is 0 Å².